The molecule has 0 radical (unpaired) electrons. The van der Waals surface area contributed by atoms with Crippen molar-refractivity contribution in [3.63, 3.8) is 0 Å². The predicted octanol–water partition coefficient (Wildman–Crippen LogP) is 11.4. The summed E-state index contributed by atoms with van der Waals surface area (Å²) in [6.45, 7) is 2.70. The number of pyridine rings is 1. The molecular formula is C61H58F4N20O4. The van der Waals surface area contributed by atoms with Crippen LogP contribution in [0.3, 0.4) is 0 Å². The van der Waals surface area contributed by atoms with Crippen LogP contribution >= 0.6 is 0 Å². The topological polar surface area (TPSA) is 315 Å². The van der Waals surface area contributed by atoms with Gasteiger partial charge in [-0.25, -0.2) is 53.3 Å². The Morgan fingerprint density at radius 1 is 0.506 bits per heavy atom. The van der Waals surface area contributed by atoms with Gasteiger partial charge in [-0.15, -0.1) is 0 Å². The Morgan fingerprint density at radius 2 is 0.989 bits per heavy atom. The highest BCUT2D eigenvalue weighted by Crippen LogP contribution is 2.29. The van der Waals surface area contributed by atoms with Gasteiger partial charge in [-0.1, -0.05) is 104 Å². The number of hydrogen-bond donors (Lipinski definition) is 4. The number of rotatable bonds is 23. The number of carbonyl (C=O) groups excluding carboxylic acids is 1. The summed E-state index contributed by atoms with van der Waals surface area (Å²) in [5.74, 6) is 4.27. The van der Waals surface area contributed by atoms with Gasteiger partial charge in [-0.05, 0) is 55.0 Å². The first kappa shape index (κ1) is 60.9. The fourth-order valence-corrected chi connectivity index (χ4v) is 9.11. The largest absolute Gasteiger partial charge is 0.382 e. The number of hydrazine groups is 1. The molecule has 0 fully saturated rings. The van der Waals surface area contributed by atoms with Crippen LogP contribution in [0.2, 0.25) is 0 Å². The smallest absolute Gasteiger partial charge is 0.224 e. The van der Waals surface area contributed by atoms with E-state index in [4.69, 9.17) is 25.1 Å². The summed E-state index contributed by atoms with van der Waals surface area (Å²) in [4.78, 5) is 41.5. The number of nitrogens with zero attached hydrogens (tertiary/aromatic N) is 16. The fraction of sp³-hybridized carbons (Fsp3) is 0.213. The van der Waals surface area contributed by atoms with Gasteiger partial charge in [0.05, 0.1) is 54.8 Å². The van der Waals surface area contributed by atoms with E-state index in [-0.39, 0.29) is 66.2 Å². The van der Waals surface area contributed by atoms with Crippen molar-refractivity contribution in [1.29, 1.82) is 0 Å². The highest BCUT2D eigenvalue weighted by molar-refractivity contribution is 5.93. The van der Waals surface area contributed by atoms with Crippen LogP contribution in [-0.2, 0) is 24.4 Å². The summed E-state index contributed by atoms with van der Waals surface area (Å²) in [7, 11) is 0. The SMILES string of the molecule is CCCCCCCCCCC(=O)Nc1cnc(-c2cc(-c3ccon3)n(Cc3ccccc3F)n2)nc1N.Fc1cccnc1Cn1nc(-c2ncccn2)cc1-c1ccon1.NNc1nc(-c2cc(-c3ccon3)n(Cc3ccccc3F)n2)ncc1F. The lowest BCUT2D eigenvalue weighted by Crippen LogP contribution is -2.14. The standard InChI is InChI=1S/C28H34FN7O2.C17H13F2N7O.C16H11FN6O/c1-2-3-4-5-6-7-8-9-14-26(37)32-24-18-31-28(33-27(24)30)23-17-25(22-15-16-38-35-22)36(34-23)19-20-12-10-11-13-21(20)29;18-11-4-2-1-3-10(11)9-26-15(13-5-6-27-25-13)7-14(24-26)17-21-8-12(19)16(22-17)23-20;17-11-3-1-5-18-14(11)10-23-15(12-4-8-24-22-12)9-13(21-23)16-19-6-2-7-20-16/h10-13,15-18H,2-9,14,19H2,1H3,(H,32,37)(H2,30,31,33);1-8H,9,20H2,(H,21,22,23);1-9H,10H2. The van der Waals surface area contributed by atoms with Gasteiger partial charge < -0.3 is 30.0 Å². The van der Waals surface area contributed by atoms with Crippen molar-refractivity contribution in [1.82, 2.24) is 79.7 Å². The minimum Gasteiger partial charge on any atom is -0.382 e. The number of nitrogens with two attached hydrogens (primary N) is 2. The van der Waals surface area contributed by atoms with Crippen LogP contribution in [0, 0.1) is 23.3 Å². The van der Waals surface area contributed by atoms with Gasteiger partial charge in [-0.3, -0.25) is 23.8 Å². The molecule has 0 aliphatic carbocycles. The normalized spacial score (nSPS) is 11.0. The number of nitrogens with one attached hydrogen (secondary N) is 2. The molecule has 0 aliphatic rings. The second kappa shape index (κ2) is 29.8. The Hall–Kier alpha value is -11.2. The molecule has 454 valence electrons. The van der Waals surface area contributed by atoms with Crippen molar-refractivity contribution in [3.05, 3.63) is 193 Å². The van der Waals surface area contributed by atoms with Crippen molar-refractivity contribution in [2.45, 2.75) is 84.3 Å². The van der Waals surface area contributed by atoms with Gasteiger partial charge in [0, 0.05) is 54.3 Å². The van der Waals surface area contributed by atoms with Crippen LogP contribution in [0.5, 0.6) is 0 Å². The van der Waals surface area contributed by atoms with E-state index in [9.17, 15) is 22.4 Å². The monoisotopic (exact) mass is 1210 g/mol. The summed E-state index contributed by atoms with van der Waals surface area (Å²) in [6, 6.07) is 27.8. The second-order valence-corrected chi connectivity index (χ2v) is 19.9. The predicted molar refractivity (Wildman–Crippen MR) is 319 cm³/mol. The fourth-order valence-electron chi connectivity index (χ4n) is 9.11. The number of carbonyl (C=O) groups is 1. The Bertz CT molecular complexity index is 4200. The number of nitrogen functional groups attached to an aromatic ring is 2. The number of aromatic nitrogens is 16. The van der Waals surface area contributed by atoms with Crippen LogP contribution in [-0.4, -0.2) is 85.6 Å². The van der Waals surface area contributed by atoms with E-state index in [1.54, 1.807) is 118 Å². The first-order chi connectivity index (χ1) is 43.5. The third-order valence-corrected chi connectivity index (χ3v) is 13.6. The minimum absolute atomic E-state index is 0.110. The maximum absolute atomic E-state index is 14.3. The molecule has 0 saturated heterocycles. The number of anilines is 3. The Kier molecular flexibility index (Phi) is 20.4. The van der Waals surface area contributed by atoms with Gasteiger partial charge in [0.1, 0.15) is 76.1 Å². The Morgan fingerprint density at radius 3 is 1.49 bits per heavy atom. The third kappa shape index (κ3) is 15.8. The maximum atomic E-state index is 14.3. The number of amides is 1. The van der Waals surface area contributed by atoms with Crippen molar-refractivity contribution in [2.75, 3.05) is 16.5 Å². The molecular weight excluding hydrogens is 1150 g/mol. The van der Waals surface area contributed by atoms with E-state index in [1.165, 1.54) is 75.3 Å². The van der Waals surface area contributed by atoms with E-state index < -0.39 is 11.6 Å². The molecule has 28 heteroatoms. The van der Waals surface area contributed by atoms with Gasteiger partial charge >= 0.3 is 0 Å². The molecule has 2 aromatic carbocycles. The summed E-state index contributed by atoms with van der Waals surface area (Å²) >= 11 is 0. The Balaban J connectivity index is 0.000000152. The summed E-state index contributed by atoms with van der Waals surface area (Å²) in [5.41, 5.74) is 14.7. The number of benzene rings is 2. The molecule has 0 aliphatic heterocycles. The van der Waals surface area contributed by atoms with E-state index in [0.29, 0.717) is 80.3 Å². The highest BCUT2D eigenvalue weighted by atomic mass is 19.1. The summed E-state index contributed by atoms with van der Waals surface area (Å²) in [6.07, 6.45) is 21.4. The van der Waals surface area contributed by atoms with E-state index >= 15 is 0 Å². The quantitative estimate of drug-likeness (QED) is 0.0200. The molecule has 1 amide bonds. The molecule has 10 aromatic heterocycles. The second-order valence-electron chi connectivity index (χ2n) is 19.9. The van der Waals surface area contributed by atoms with Crippen molar-refractivity contribution < 1.29 is 35.9 Å². The number of unbranched alkanes of at least 4 members (excludes halogenated alkanes) is 7. The zero-order valence-corrected chi connectivity index (χ0v) is 47.9. The zero-order chi connectivity index (χ0) is 61.9. The van der Waals surface area contributed by atoms with Crippen molar-refractivity contribution >= 4 is 23.2 Å². The Labute approximate surface area is 505 Å². The molecule has 0 spiro atoms. The lowest BCUT2D eigenvalue weighted by Gasteiger charge is -2.08. The molecule has 12 aromatic rings. The molecule has 0 saturated carbocycles. The van der Waals surface area contributed by atoms with Crippen LogP contribution in [0.4, 0.5) is 34.9 Å². The zero-order valence-electron chi connectivity index (χ0n) is 47.9. The summed E-state index contributed by atoms with van der Waals surface area (Å²) < 4.78 is 75.4. The van der Waals surface area contributed by atoms with Gasteiger partial charge in [0.2, 0.25) is 5.91 Å². The molecule has 0 bridgehead atoms. The van der Waals surface area contributed by atoms with E-state index in [0.717, 1.165) is 25.5 Å². The maximum Gasteiger partial charge on any atom is 0.224 e. The molecule has 6 N–H and O–H groups in total. The van der Waals surface area contributed by atoms with E-state index in [2.05, 4.69) is 83.3 Å². The van der Waals surface area contributed by atoms with Crippen LogP contribution < -0.4 is 22.3 Å². The van der Waals surface area contributed by atoms with Crippen LogP contribution in [0.1, 0.15) is 81.5 Å². The van der Waals surface area contributed by atoms with Crippen molar-refractivity contribution in [3.8, 4) is 68.7 Å². The summed E-state index contributed by atoms with van der Waals surface area (Å²) in [5, 5.41) is 28.1. The number of hydrogen-bond acceptors (Lipinski definition) is 20. The van der Waals surface area contributed by atoms with Crippen molar-refractivity contribution in [2.24, 2.45) is 5.84 Å². The third-order valence-electron chi connectivity index (χ3n) is 13.6. The highest BCUT2D eigenvalue weighted by Gasteiger charge is 2.22. The van der Waals surface area contributed by atoms with Gasteiger partial charge in [0.15, 0.2) is 34.9 Å². The first-order valence-electron chi connectivity index (χ1n) is 28.2. The average molecular weight is 1210 g/mol. The molecule has 12 rings (SSSR count). The number of halogens is 4. The molecule has 24 nitrogen and oxygen atoms in total. The molecule has 10 heterocycles. The lowest BCUT2D eigenvalue weighted by molar-refractivity contribution is -0.116. The van der Waals surface area contributed by atoms with E-state index in [1.807, 2.05) is 0 Å². The average Bonchev–Trinajstić information content (AvgIpc) is 2.20. The van der Waals surface area contributed by atoms with Gasteiger partial charge in [-0.2, -0.15) is 15.3 Å². The molecule has 0 unspecified atom stereocenters. The van der Waals surface area contributed by atoms with Crippen LogP contribution in [0.25, 0.3) is 68.7 Å². The molecule has 0 atom stereocenters. The first-order valence-corrected chi connectivity index (χ1v) is 28.2. The van der Waals surface area contributed by atoms with Crippen LogP contribution in [0.15, 0.2) is 166 Å². The minimum atomic E-state index is -0.691. The molecule has 89 heavy (non-hydrogen) atoms. The van der Waals surface area contributed by atoms with Gasteiger partial charge in [0.25, 0.3) is 0 Å². The lowest BCUT2D eigenvalue weighted by atomic mass is 10.1.